The van der Waals surface area contributed by atoms with Gasteiger partial charge in [0.25, 0.3) is 0 Å². The number of hydrogen-bond donors (Lipinski definition) is 1. The van der Waals surface area contributed by atoms with E-state index in [1.807, 2.05) is 12.1 Å². The minimum atomic E-state index is -0.174. The van der Waals surface area contributed by atoms with Crippen LogP contribution in [0.3, 0.4) is 0 Å². The number of benzene rings is 1. The molecule has 0 amide bonds. The number of halogens is 1. The van der Waals surface area contributed by atoms with Crippen molar-refractivity contribution in [3.63, 3.8) is 0 Å². The van der Waals surface area contributed by atoms with E-state index in [0.717, 1.165) is 31.0 Å². The van der Waals surface area contributed by atoms with Gasteiger partial charge in [0, 0.05) is 12.1 Å². The van der Waals surface area contributed by atoms with Crippen LogP contribution in [0.1, 0.15) is 38.7 Å². The Morgan fingerprint density at radius 1 is 1.25 bits per heavy atom. The molecule has 0 aliphatic carbocycles. The van der Waals surface area contributed by atoms with Gasteiger partial charge in [0.05, 0.1) is 0 Å². The second-order valence-corrected chi connectivity index (χ2v) is 6.53. The minimum absolute atomic E-state index is 0.0259. The molecule has 0 saturated carbocycles. The summed E-state index contributed by atoms with van der Waals surface area (Å²) < 4.78 is 13.0. The van der Waals surface area contributed by atoms with Crippen molar-refractivity contribution < 1.29 is 4.39 Å². The van der Waals surface area contributed by atoms with E-state index >= 15 is 0 Å². The molecule has 0 aromatic heterocycles. The topological polar surface area (TPSA) is 29.3 Å². The first-order chi connectivity index (χ1) is 9.53. The first-order valence-electron chi connectivity index (χ1n) is 7.73. The first-order valence-corrected chi connectivity index (χ1v) is 7.73. The lowest BCUT2D eigenvalue weighted by atomic mass is 9.90. The third kappa shape index (κ3) is 3.80. The number of rotatable bonds is 4. The van der Waals surface area contributed by atoms with E-state index in [-0.39, 0.29) is 11.4 Å². The van der Waals surface area contributed by atoms with Crippen molar-refractivity contribution in [2.75, 3.05) is 19.6 Å². The predicted molar refractivity (Wildman–Crippen MR) is 82.2 cm³/mol. The Morgan fingerprint density at radius 2 is 1.95 bits per heavy atom. The standard InChI is InChI=1S/C17H27FN2/c1-14-4-3-10-20(11-9-14)17(2,13-19)12-15-5-7-16(18)8-6-15/h5-8,14H,3-4,9-13,19H2,1-2H3. The summed E-state index contributed by atoms with van der Waals surface area (Å²) in [5.41, 5.74) is 7.22. The molecule has 0 radical (unpaired) electrons. The number of nitrogens with two attached hydrogens (primary N) is 1. The highest BCUT2D eigenvalue weighted by Gasteiger charge is 2.31. The fourth-order valence-electron chi connectivity index (χ4n) is 3.16. The molecule has 2 nitrogen and oxygen atoms in total. The number of likely N-dealkylation sites (tertiary alicyclic amines) is 1. The zero-order valence-electron chi connectivity index (χ0n) is 12.7. The SMILES string of the molecule is CC1CCCN(C(C)(CN)Cc2ccc(F)cc2)CC1. The highest BCUT2D eigenvalue weighted by Crippen LogP contribution is 2.26. The van der Waals surface area contributed by atoms with Crippen LogP contribution < -0.4 is 5.73 Å². The van der Waals surface area contributed by atoms with E-state index in [0.29, 0.717) is 6.54 Å². The zero-order chi connectivity index (χ0) is 14.6. The van der Waals surface area contributed by atoms with Crippen LogP contribution in [-0.2, 0) is 6.42 Å². The molecule has 0 bridgehead atoms. The van der Waals surface area contributed by atoms with E-state index < -0.39 is 0 Å². The molecule has 1 fully saturated rings. The summed E-state index contributed by atoms with van der Waals surface area (Å²) in [6, 6.07) is 6.83. The Balaban J connectivity index is 2.09. The molecular weight excluding hydrogens is 251 g/mol. The lowest BCUT2D eigenvalue weighted by Crippen LogP contribution is -2.53. The normalized spacial score (nSPS) is 24.1. The molecule has 1 aromatic rings. The zero-order valence-corrected chi connectivity index (χ0v) is 12.7. The van der Waals surface area contributed by atoms with Crippen LogP contribution in [0.4, 0.5) is 4.39 Å². The summed E-state index contributed by atoms with van der Waals surface area (Å²) in [6.45, 7) is 7.46. The smallest absolute Gasteiger partial charge is 0.123 e. The molecular formula is C17H27FN2. The molecule has 3 heteroatoms. The van der Waals surface area contributed by atoms with Crippen LogP contribution in [-0.4, -0.2) is 30.1 Å². The third-order valence-corrected chi connectivity index (χ3v) is 4.72. The average Bonchev–Trinajstić information content (AvgIpc) is 2.66. The van der Waals surface area contributed by atoms with E-state index in [4.69, 9.17) is 5.73 Å². The molecule has 1 aliphatic heterocycles. The van der Waals surface area contributed by atoms with Gasteiger partial charge in [0.15, 0.2) is 0 Å². The molecule has 112 valence electrons. The molecule has 20 heavy (non-hydrogen) atoms. The highest BCUT2D eigenvalue weighted by molar-refractivity contribution is 5.19. The van der Waals surface area contributed by atoms with Crippen molar-refractivity contribution in [2.24, 2.45) is 11.7 Å². The molecule has 1 aliphatic rings. The van der Waals surface area contributed by atoms with Gasteiger partial charge in [-0.2, -0.15) is 0 Å². The third-order valence-electron chi connectivity index (χ3n) is 4.72. The molecule has 2 unspecified atom stereocenters. The van der Waals surface area contributed by atoms with Crippen LogP contribution >= 0.6 is 0 Å². The highest BCUT2D eigenvalue weighted by atomic mass is 19.1. The molecule has 1 aromatic carbocycles. The Bertz CT molecular complexity index is 418. The minimum Gasteiger partial charge on any atom is -0.329 e. The molecule has 2 atom stereocenters. The van der Waals surface area contributed by atoms with Crippen molar-refractivity contribution in [3.8, 4) is 0 Å². The Labute approximate surface area is 122 Å². The van der Waals surface area contributed by atoms with Gasteiger partial charge >= 0.3 is 0 Å². The molecule has 1 saturated heterocycles. The van der Waals surface area contributed by atoms with Crippen molar-refractivity contribution in [3.05, 3.63) is 35.6 Å². The predicted octanol–water partition coefficient (Wildman–Crippen LogP) is 3.21. The maximum atomic E-state index is 13.0. The Hall–Kier alpha value is -0.930. The second-order valence-electron chi connectivity index (χ2n) is 6.53. The summed E-state index contributed by atoms with van der Waals surface area (Å²) in [4.78, 5) is 2.54. The molecule has 2 N–H and O–H groups in total. The summed E-state index contributed by atoms with van der Waals surface area (Å²) >= 11 is 0. The Morgan fingerprint density at radius 3 is 2.60 bits per heavy atom. The van der Waals surface area contributed by atoms with Gasteiger partial charge in [-0.15, -0.1) is 0 Å². The molecule has 2 rings (SSSR count). The van der Waals surface area contributed by atoms with Crippen molar-refractivity contribution in [1.82, 2.24) is 4.90 Å². The van der Waals surface area contributed by atoms with Crippen molar-refractivity contribution in [1.29, 1.82) is 0 Å². The maximum Gasteiger partial charge on any atom is 0.123 e. The Kier molecular flexibility index (Phi) is 5.17. The summed E-state index contributed by atoms with van der Waals surface area (Å²) in [7, 11) is 0. The van der Waals surface area contributed by atoms with E-state index in [1.165, 1.54) is 31.4 Å². The van der Waals surface area contributed by atoms with Gasteiger partial charge in [-0.25, -0.2) is 4.39 Å². The van der Waals surface area contributed by atoms with Crippen LogP contribution in [0.25, 0.3) is 0 Å². The van der Waals surface area contributed by atoms with Gasteiger partial charge in [-0.3, -0.25) is 4.90 Å². The lowest BCUT2D eigenvalue weighted by molar-refractivity contribution is 0.113. The van der Waals surface area contributed by atoms with Gasteiger partial charge in [0.2, 0.25) is 0 Å². The van der Waals surface area contributed by atoms with Crippen LogP contribution in [0.2, 0.25) is 0 Å². The maximum absolute atomic E-state index is 13.0. The van der Waals surface area contributed by atoms with E-state index in [2.05, 4.69) is 18.7 Å². The van der Waals surface area contributed by atoms with Crippen molar-refractivity contribution >= 4 is 0 Å². The van der Waals surface area contributed by atoms with Gasteiger partial charge in [-0.05, 0) is 69.3 Å². The van der Waals surface area contributed by atoms with Gasteiger partial charge in [0.1, 0.15) is 5.82 Å². The van der Waals surface area contributed by atoms with Gasteiger partial charge < -0.3 is 5.73 Å². The van der Waals surface area contributed by atoms with Crippen molar-refractivity contribution in [2.45, 2.75) is 45.1 Å². The fourth-order valence-corrected chi connectivity index (χ4v) is 3.16. The average molecular weight is 278 g/mol. The molecule has 1 heterocycles. The second kappa shape index (κ2) is 6.68. The summed E-state index contributed by atoms with van der Waals surface area (Å²) in [5.74, 6) is 0.639. The van der Waals surface area contributed by atoms with Crippen LogP contribution in [0.5, 0.6) is 0 Å². The van der Waals surface area contributed by atoms with Crippen LogP contribution in [0, 0.1) is 11.7 Å². The number of nitrogens with zero attached hydrogens (tertiary/aromatic N) is 1. The summed E-state index contributed by atoms with van der Waals surface area (Å²) in [6.07, 6.45) is 4.70. The monoisotopic (exact) mass is 278 g/mol. The summed E-state index contributed by atoms with van der Waals surface area (Å²) in [5, 5.41) is 0. The fraction of sp³-hybridized carbons (Fsp3) is 0.647. The van der Waals surface area contributed by atoms with E-state index in [9.17, 15) is 4.39 Å². The lowest BCUT2D eigenvalue weighted by Gasteiger charge is -2.40. The number of hydrogen-bond acceptors (Lipinski definition) is 2. The molecule has 0 spiro atoms. The first kappa shape index (κ1) is 15.5. The van der Waals surface area contributed by atoms with Gasteiger partial charge in [-0.1, -0.05) is 19.1 Å². The largest absolute Gasteiger partial charge is 0.329 e. The van der Waals surface area contributed by atoms with Crippen LogP contribution in [0.15, 0.2) is 24.3 Å². The quantitative estimate of drug-likeness (QED) is 0.916. The van der Waals surface area contributed by atoms with E-state index in [1.54, 1.807) is 0 Å².